The highest BCUT2D eigenvalue weighted by atomic mass is 32.2. The van der Waals surface area contributed by atoms with Crippen LogP contribution in [0.4, 0.5) is 15.2 Å². The van der Waals surface area contributed by atoms with Crippen molar-refractivity contribution in [2.45, 2.75) is 0 Å². The van der Waals surface area contributed by atoms with Gasteiger partial charge in [-0.25, -0.2) is 26.8 Å². The summed E-state index contributed by atoms with van der Waals surface area (Å²) >= 11 is 0. The second-order valence-corrected chi connectivity index (χ2v) is 6.57. The molecule has 10 heteroatoms. The van der Waals surface area contributed by atoms with Gasteiger partial charge in [0.1, 0.15) is 5.82 Å². The topological polar surface area (TPSA) is 96.6 Å². The largest absolute Gasteiger partial charge is 0.403 e. The molecule has 1 aliphatic heterocycles. The van der Waals surface area contributed by atoms with Gasteiger partial charge in [-0.3, -0.25) is 0 Å². The molecule has 116 valence electrons. The van der Waals surface area contributed by atoms with E-state index in [1.54, 1.807) is 0 Å². The lowest BCUT2D eigenvalue weighted by Crippen LogP contribution is -2.35. The summed E-state index contributed by atoms with van der Waals surface area (Å²) in [5, 5.41) is 7.52. The molecular formula is C12H11FN4O4S. The molecule has 0 saturated carbocycles. The molecule has 2 heterocycles. The number of rotatable bonds is 3. The van der Waals surface area contributed by atoms with Crippen molar-refractivity contribution < 1.29 is 22.0 Å². The van der Waals surface area contributed by atoms with Gasteiger partial charge in [0.05, 0.1) is 19.3 Å². The standard InChI is InChI=1S/C12H11FN4O4S/c1-22(19,20)17-7-6-16(12(17)18)11-15-14-10(21-11)8-2-4-9(13)5-3-8/h2-5H,6-7H2,1H3. The number of urea groups is 1. The minimum Gasteiger partial charge on any atom is -0.403 e. The molecule has 1 aromatic carbocycles. The maximum absolute atomic E-state index is 12.9. The number of sulfonamides is 1. The lowest BCUT2D eigenvalue weighted by molar-refractivity contribution is 0.238. The van der Waals surface area contributed by atoms with Crippen molar-refractivity contribution in [3.8, 4) is 11.5 Å². The quantitative estimate of drug-likeness (QED) is 0.837. The fourth-order valence-corrected chi connectivity index (χ4v) is 2.83. The van der Waals surface area contributed by atoms with Crippen molar-refractivity contribution in [2.24, 2.45) is 0 Å². The van der Waals surface area contributed by atoms with Gasteiger partial charge in [-0.15, -0.1) is 5.10 Å². The van der Waals surface area contributed by atoms with Crippen molar-refractivity contribution in [3.05, 3.63) is 30.1 Å². The number of carbonyl (C=O) groups is 1. The van der Waals surface area contributed by atoms with E-state index in [9.17, 15) is 17.6 Å². The van der Waals surface area contributed by atoms with Crippen LogP contribution in [0.2, 0.25) is 0 Å². The van der Waals surface area contributed by atoms with Crippen LogP contribution in [0.5, 0.6) is 0 Å². The average Bonchev–Trinajstić information content (AvgIpc) is 3.05. The zero-order valence-corrected chi connectivity index (χ0v) is 12.2. The maximum atomic E-state index is 12.9. The molecule has 0 bridgehead atoms. The van der Waals surface area contributed by atoms with Crippen molar-refractivity contribution in [3.63, 3.8) is 0 Å². The third-order valence-electron chi connectivity index (χ3n) is 3.11. The van der Waals surface area contributed by atoms with Gasteiger partial charge in [-0.2, -0.15) is 0 Å². The van der Waals surface area contributed by atoms with Gasteiger partial charge in [-0.05, 0) is 24.3 Å². The first-order valence-corrected chi connectivity index (χ1v) is 8.10. The molecule has 0 unspecified atom stereocenters. The van der Waals surface area contributed by atoms with E-state index in [0.717, 1.165) is 15.5 Å². The van der Waals surface area contributed by atoms with E-state index < -0.39 is 21.9 Å². The zero-order valence-electron chi connectivity index (χ0n) is 11.4. The van der Waals surface area contributed by atoms with Crippen LogP contribution in [0.1, 0.15) is 0 Å². The summed E-state index contributed by atoms with van der Waals surface area (Å²) in [6.07, 6.45) is 0.951. The van der Waals surface area contributed by atoms with E-state index in [2.05, 4.69) is 10.2 Å². The summed E-state index contributed by atoms with van der Waals surface area (Å²) < 4.78 is 41.9. The van der Waals surface area contributed by atoms with E-state index in [1.807, 2.05) is 0 Å². The SMILES string of the molecule is CS(=O)(=O)N1CCN(c2nnc(-c3ccc(F)cc3)o2)C1=O. The van der Waals surface area contributed by atoms with Gasteiger partial charge in [0.25, 0.3) is 0 Å². The highest BCUT2D eigenvalue weighted by molar-refractivity contribution is 7.88. The first kappa shape index (κ1) is 14.4. The maximum Gasteiger partial charge on any atom is 0.341 e. The van der Waals surface area contributed by atoms with Gasteiger partial charge < -0.3 is 4.42 Å². The van der Waals surface area contributed by atoms with Gasteiger partial charge in [0.2, 0.25) is 15.9 Å². The van der Waals surface area contributed by atoms with Crippen LogP contribution in [0.3, 0.4) is 0 Å². The minimum atomic E-state index is -3.63. The number of hydrogen-bond acceptors (Lipinski definition) is 6. The van der Waals surface area contributed by atoms with Crippen LogP contribution < -0.4 is 4.90 Å². The van der Waals surface area contributed by atoms with Crippen molar-refractivity contribution >= 4 is 22.1 Å². The van der Waals surface area contributed by atoms with E-state index in [4.69, 9.17) is 4.42 Å². The van der Waals surface area contributed by atoms with Crippen molar-refractivity contribution in [1.29, 1.82) is 0 Å². The molecule has 0 N–H and O–H groups in total. The Morgan fingerprint density at radius 1 is 1.18 bits per heavy atom. The van der Waals surface area contributed by atoms with Gasteiger partial charge in [0.15, 0.2) is 0 Å². The lowest BCUT2D eigenvalue weighted by Gasteiger charge is -2.13. The Kier molecular flexibility index (Phi) is 3.32. The number of halogens is 1. The molecule has 0 aliphatic carbocycles. The molecule has 2 amide bonds. The Balaban J connectivity index is 1.86. The minimum absolute atomic E-state index is 0.0198. The molecule has 0 radical (unpaired) electrons. The van der Waals surface area contributed by atoms with E-state index in [-0.39, 0.29) is 25.0 Å². The molecular weight excluding hydrogens is 315 g/mol. The molecule has 1 aliphatic rings. The predicted molar refractivity (Wildman–Crippen MR) is 74.0 cm³/mol. The number of nitrogens with zero attached hydrogens (tertiary/aromatic N) is 4. The molecule has 3 rings (SSSR count). The average molecular weight is 326 g/mol. The fraction of sp³-hybridized carbons (Fsp3) is 0.250. The van der Waals surface area contributed by atoms with Crippen molar-refractivity contribution in [1.82, 2.24) is 14.5 Å². The molecule has 2 aromatic rings. The van der Waals surface area contributed by atoms with E-state index in [1.165, 1.54) is 24.3 Å². The van der Waals surface area contributed by atoms with E-state index in [0.29, 0.717) is 5.56 Å². The predicted octanol–water partition coefficient (Wildman–Crippen LogP) is 1.08. The number of aromatic nitrogens is 2. The number of amides is 2. The van der Waals surface area contributed by atoms with Gasteiger partial charge in [-0.1, -0.05) is 5.10 Å². The lowest BCUT2D eigenvalue weighted by atomic mass is 10.2. The van der Waals surface area contributed by atoms with Crippen LogP contribution in [0, 0.1) is 5.82 Å². The van der Waals surface area contributed by atoms with Crippen molar-refractivity contribution in [2.75, 3.05) is 24.2 Å². The zero-order chi connectivity index (χ0) is 15.9. The highest BCUT2D eigenvalue weighted by Gasteiger charge is 2.38. The van der Waals surface area contributed by atoms with Crippen LogP contribution in [0.15, 0.2) is 28.7 Å². The molecule has 0 atom stereocenters. The second-order valence-electron chi connectivity index (χ2n) is 4.67. The number of carbonyl (C=O) groups excluding carboxylic acids is 1. The number of anilines is 1. The summed E-state index contributed by atoms with van der Waals surface area (Å²) in [6, 6.07) is 4.56. The highest BCUT2D eigenvalue weighted by Crippen LogP contribution is 2.25. The summed E-state index contributed by atoms with van der Waals surface area (Å²) in [7, 11) is -3.63. The number of hydrogen-bond donors (Lipinski definition) is 0. The summed E-state index contributed by atoms with van der Waals surface area (Å²) in [5.74, 6) is -0.289. The Labute approximate surface area is 125 Å². The summed E-state index contributed by atoms with van der Waals surface area (Å²) in [5.41, 5.74) is 0.492. The van der Waals surface area contributed by atoms with E-state index >= 15 is 0 Å². The Hall–Kier alpha value is -2.49. The fourth-order valence-electron chi connectivity index (χ4n) is 2.04. The molecule has 22 heavy (non-hydrogen) atoms. The Bertz CT molecular complexity index is 818. The monoisotopic (exact) mass is 326 g/mol. The number of benzene rings is 1. The van der Waals surface area contributed by atoms with Gasteiger partial charge in [0, 0.05) is 5.56 Å². The third-order valence-corrected chi connectivity index (χ3v) is 4.25. The first-order chi connectivity index (χ1) is 10.4. The van der Waals surface area contributed by atoms with Gasteiger partial charge >= 0.3 is 12.0 Å². The normalized spacial score (nSPS) is 15.6. The third kappa shape index (κ3) is 2.52. The molecule has 8 nitrogen and oxygen atoms in total. The Morgan fingerprint density at radius 2 is 1.86 bits per heavy atom. The van der Waals surface area contributed by atoms with Crippen LogP contribution in [0.25, 0.3) is 11.5 Å². The smallest absolute Gasteiger partial charge is 0.341 e. The van der Waals surface area contributed by atoms with Crippen LogP contribution >= 0.6 is 0 Å². The Morgan fingerprint density at radius 3 is 2.45 bits per heavy atom. The molecule has 0 spiro atoms. The second kappa shape index (κ2) is 5.05. The summed E-state index contributed by atoms with van der Waals surface area (Å²) in [6.45, 7) is 0.142. The molecule has 1 fully saturated rings. The first-order valence-electron chi connectivity index (χ1n) is 6.25. The van der Waals surface area contributed by atoms with Crippen LogP contribution in [-0.4, -0.2) is 48.3 Å². The molecule has 1 aromatic heterocycles. The van der Waals surface area contributed by atoms with Crippen LogP contribution in [-0.2, 0) is 10.0 Å². The summed E-state index contributed by atoms with van der Waals surface area (Å²) in [4.78, 5) is 13.1. The molecule has 1 saturated heterocycles.